The van der Waals surface area contributed by atoms with Crippen molar-refractivity contribution in [1.29, 1.82) is 0 Å². The van der Waals surface area contributed by atoms with Gasteiger partial charge in [-0.2, -0.15) is 0 Å². The van der Waals surface area contributed by atoms with Gasteiger partial charge < -0.3 is 15.5 Å². The summed E-state index contributed by atoms with van der Waals surface area (Å²) in [5.74, 6) is -0.107. The van der Waals surface area contributed by atoms with Crippen LogP contribution in [0.5, 0.6) is 0 Å². The highest BCUT2D eigenvalue weighted by Gasteiger charge is 2.26. The van der Waals surface area contributed by atoms with Crippen LogP contribution in [0.15, 0.2) is 24.3 Å². The highest BCUT2D eigenvalue weighted by atomic mass is 16.2. The number of carbonyl (C=O) groups excluding carboxylic acids is 2. The summed E-state index contributed by atoms with van der Waals surface area (Å²) in [5, 5.41) is 5.87. The van der Waals surface area contributed by atoms with Crippen molar-refractivity contribution in [3.8, 4) is 0 Å². The molecule has 1 aromatic carbocycles. The van der Waals surface area contributed by atoms with Crippen molar-refractivity contribution < 1.29 is 9.59 Å². The average molecular weight is 273 g/mol. The molecule has 0 spiro atoms. The number of para-hydroxylation sites is 1. The molecule has 1 atom stereocenters. The van der Waals surface area contributed by atoms with Gasteiger partial charge in [0, 0.05) is 12.2 Å². The first-order valence-electron chi connectivity index (χ1n) is 7.15. The topological polar surface area (TPSA) is 61.4 Å². The van der Waals surface area contributed by atoms with Gasteiger partial charge in [-0.05, 0) is 37.4 Å². The quantitative estimate of drug-likeness (QED) is 0.840. The maximum Gasteiger partial charge on any atom is 0.246 e. The standard InChI is InChI=1S/C15H19N3O2/c19-14(10-17-15(20)12-5-3-8-16-12)18-9-7-11-4-1-2-6-13(11)18/h1-2,4,6,12,16H,3,5,7-10H2,(H,17,20). The van der Waals surface area contributed by atoms with E-state index < -0.39 is 0 Å². The van der Waals surface area contributed by atoms with Gasteiger partial charge in [-0.3, -0.25) is 9.59 Å². The van der Waals surface area contributed by atoms with Crippen molar-refractivity contribution in [2.45, 2.75) is 25.3 Å². The van der Waals surface area contributed by atoms with Crippen LogP contribution in [-0.2, 0) is 16.0 Å². The van der Waals surface area contributed by atoms with Gasteiger partial charge in [0.1, 0.15) is 0 Å². The zero-order chi connectivity index (χ0) is 13.9. The molecule has 0 radical (unpaired) electrons. The number of nitrogens with zero attached hydrogens (tertiary/aromatic N) is 1. The molecule has 1 fully saturated rings. The van der Waals surface area contributed by atoms with Gasteiger partial charge in [0.05, 0.1) is 12.6 Å². The normalized spacial score (nSPS) is 20.8. The van der Waals surface area contributed by atoms with E-state index in [9.17, 15) is 9.59 Å². The molecule has 1 aromatic rings. The van der Waals surface area contributed by atoms with E-state index >= 15 is 0 Å². The number of fused-ring (bicyclic) bond motifs is 1. The molecule has 0 aromatic heterocycles. The smallest absolute Gasteiger partial charge is 0.246 e. The monoisotopic (exact) mass is 273 g/mol. The number of carbonyl (C=O) groups is 2. The molecule has 0 aliphatic carbocycles. The van der Waals surface area contributed by atoms with E-state index in [-0.39, 0.29) is 24.4 Å². The van der Waals surface area contributed by atoms with Crippen molar-refractivity contribution in [3.05, 3.63) is 29.8 Å². The third kappa shape index (κ3) is 2.54. The molecular formula is C15H19N3O2. The van der Waals surface area contributed by atoms with Crippen LogP contribution in [0.4, 0.5) is 5.69 Å². The maximum absolute atomic E-state index is 12.2. The third-order valence-electron chi connectivity index (χ3n) is 3.98. The van der Waals surface area contributed by atoms with Crippen molar-refractivity contribution in [3.63, 3.8) is 0 Å². The molecule has 2 aliphatic heterocycles. The second kappa shape index (κ2) is 5.63. The molecule has 3 rings (SSSR count). The molecule has 0 saturated carbocycles. The van der Waals surface area contributed by atoms with Crippen LogP contribution in [0, 0.1) is 0 Å². The minimum atomic E-state index is -0.131. The Hall–Kier alpha value is -1.88. The molecule has 5 nitrogen and oxygen atoms in total. The summed E-state index contributed by atoms with van der Waals surface area (Å²) in [7, 11) is 0. The van der Waals surface area contributed by atoms with Crippen LogP contribution in [0.1, 0.15) is 18.4 Å². The lowest BCUT2D eigenvalue weighted by Crippen LogP contribution is -2.45. The Morgan fingerprint density at radius 1 is 1.35 bits per heavy atom. The summed E-state index contributed by atoms with van der Waals surface area (Å²) < 4.78 is 0. The van der Waals surface area contributed by atoms with E-state index in [2.05, 4.69) is 10.6 Å². The Kier molecular flexibility index (Phi) is 3.69. The first kappa shape index (κ1) is 13.1. The predicted molar refractivity (Wildman–Crippen MR) is 76.5 cm³/mol. The van der Waals surface area contributed by atoms with Crippen LogP contribution < -0.4 is 15.5 Å². The number of hydrogen-bond donors (Lipinski definition) is 2. The molecule has 1 unspecified atom stereocenters. The zero-order valence-electron chi connectivity index (χ0n) is 11.4. The molecule has 2 amide bonds. The molecular weight excluding hydrogens is 254 g/mol. The Labute approximate surface area is 118 Å². The lowest BCUT2D eigenvalue weighted by Gasteiger charge is -2.18. The Balaban J connectivity index is 1.56. The summed E-state index contributed by atoms with van der Waals surface area (Å²) in [6.45, 7) is 1.66. The summed E-state index contributed by atoms with van der Waals surface area (Å²) in [6.07, 6.45) is 2.76. The summed E-state index contributed by atoms with van der Waals surface area (Å²) in [5.41, 5.74) is 2.18. The second-order valence-corrected chi connectivity index (χ2v) is 5.29. The van der Waals surface area contributed by atoms with Crippen LogP contribution in [0.3, 0.4) is 0 Å². The van der Waals surface area contributed by atoms with Crippen molar-refractivity contribution in [2.75, 3.05) is 24.5 Å². The van der Waals surface area contributed by atoms with Gasteiger partial charge in [0.15, 0.2) is 0 Å². The van der Waals surface area contributed by atoms with Gasteiger partial charge >= 0.3 is 0 Å². The van der Waals surface area contributed by atoms with Crippen molar-refractivity contribution in [2.24, 2.45) is 0 Å². The SMILES string of the molecule is O=C(NCC(=O)N1CCc2ccccc21)C1CCCN1. The van der Waals surface area contributed by atoms with E-state index in [1.54, 1.807) is 4.90 Å². The van der Waals surface area contributed by atoms with Gasteiger partial charge in [-0.15, -0.1) is 0 Å². The van der Waals surface area contributed by atoms with Gasteiger partial charge in [-0.1, -0.05) is 18.2 Å². The number of nitrogens with one attached hydrogen (secondary N) is 2. The van der Waals surface area contributed by atoms with Crippen LogP contribution in [0.25, 0.3) is 0 Å². The fourth-order valence-corrected chi connectivity index (χ4v) is 2.89. The van der Waals surface area contributed by atoms with Gasteiger partial charge in [-0.25, -0.2) is 0 Å². The van der Waals surface area contributed by atoms with E-state index in [1.165, 1.54) is 5.56 Å². The Morgan fingerprint density at radius 2 is 2.20 bits per heavy atom. The molecule has 2 heterocycles. The van der Waals surface area contributed by atoms with Crippen LogP contribution >= 0.6 is 0 Å². The Morgan fingerprint density at radius 3 is 3.00 bits per heavy atom. The fraction of sp³-hybridized carbons (Fsp3) is 0.467. The van der Waals surface area contributed by atoms with E-state index in [0.717, 1.165) is 31.5 Å². The molecule has 2 N–H and O–H groups in total. The summed E-state index contributed by atoms with van der Waals surface area (Å²) in [4.78, 5) is 25.8. The third-order valence-corrected chi connectivity index (χ3v) is 3.98. The molecule has 106 valence electrons. The summed E-state index contributed by atoms with van der Waals surface area (Å²) >= 11 is 0. The highest BCUT2D eigenvalue weighted by molar-refractivity contribution is 5.98. The lowest BCUT2D eigenvalue weighted by atomic mass is 10.2. The highest BCUT2D eigenvalue weighted by Crippen LogP contribution is 2.27. The molecule has 1 saturated heterocycles. The maximum atomic E-state index is 12.2. The van der Waals surface area contributed by atoms with Gasteiger partial charge in [0.2, 0.25) is 11.8 Å². The largest absolute Gasteiger partial charge is 0.346 e. The number of anilines is 1. The average Bonchev–Trinajstić information content (AvgIpc) is 3.13. The molecule has 0 bridgehead atoms. The number of benzene rings is 1. The van der Waals surface area contributed by atoms with Crippen LogP contribution in [0.2, 0.25) is 0 Å². The van der Waals surface area contributed by atoms with E-state index in [4.69, 9.17) is 0 Å². The minimum Gasteiger partial charge on any atom is -0.346 e. The first-order valence-corrected chi connectivity index (χ1v) is 7.15. The molecule has 20 heavy (non-hydrogen) atoms. The Bertz CT molecular complexity index is 524. The number of hydrogen-bond acceptors (Lipinski definition) is 3. The zero-order valence-corrected chi connectivity index (χ0v) is 11.4. The molecule has 2 aliphatic rings. The fourth-order valence-electron chi connectivity index (χ4n) is 2.89. The van der Waals surface area contributed by atoms with E-state index in [1.807, 2.05) is 24.3 Å². The molecule has 5 heteroatoms. The van der Waals surface area contributed by atoms with Gasteiger partial charge in [0.25, 0.3) is 0 Å². The van der Waals surface area contributed by atoms with Crippen LogP contribution in [-0.4, -0.2) is 37.5 Å². The lowest BCUT2D eigenvalue weighted by molar-refractivity contribution is -0.126. The minimum absolute atomic E-state index is 0.0405. The van der Waals surface area contributed by atoms with E-state index in [0.29, 0.717) is 6.54 Å². The number of amides is 2. The summed E-state index contributed by atoms with van der Waals surface area (Å²) in [6, 6.07) is 7.80. The second-order valence-electron chi connectivity index (χ2n) is 5.29. The number of rotatable bonds is 3. The van der Waals surface area contributed by atoms with Crippen molar-refractivity contribution >= 4 is 17.5 Å². The van der Waals surface area contributed by atoms with Crippen molar-refractivity contribution in [1.82, 2.24) is 10.6 Å². The predicted octanol–water partition coefficient (Wildman–Crippen LogP) is 0.444. The first-order chi connectivity index (χ1) is 9.75.